The molecule has 0 aliphatic heterocycles. The van der Waals surface area contributed by atoms with Crippen molar-refractivity contribution < 1.29 is 19.4 Å². The minimum Gasteiger partial charge on any atom is -0.484 e. The Kier molecular flexibility index (Phi) is 6.17. The van der Waals surface area contributed by atoms with Crippen LogP contribution in [-0.4, -0.2) is 23.6 Å². The Morgan fingerprint density at radius 1 is 1.08 bits per heavy atom. The first-order valence-corrected chi connectivity index (χ1v) is 8.17. The van der Waals surface area contributed by atoms with Gasteiger partial charge in [0.25, 0.3) is 5.91 Å². The summed E-state index contributed by atoms with van der Waals surface area (Å²) in [4.78, 5) is 22.8. The Balaban J connectivity index is 1.85. The highest BCUT2D eigenvalue weighted by molar-refractivity contribution is 5.91. The van der Waals surface area contributed by atoms with Gasteiger partial charge in [-0.1, -0.05) is 25.1 Å². The predicted octanol–water partition coefficient (Wildman–Crippen LogP) is 3.58. The van der Waals surface area contributed by atoms with E-state index in [2.05, 4.69) is 5.32 Å². The van der Waals surface area contributed by atoms with Crippen LogP contribution in [0.5, 0.6) is 5.75 Å². The summed E-state index contributed by atoms with van der Waals surface area (Å²) in [6.07, 6.45) is 0.458. The lowest BCUT2D eigenvalue weighted by Gasteiger charge is -2.10. The zero-order chi connectivity index (χ0) is 18.4. The van der Waals surface area contributed by atoms with E-state index in [-0.39, 0.29) is 12.5 Å². The van der Waals surface area contributed by atoms with Crippen molar-refractivity contribution >= 4 is 17.6 Å². The molecule has 0 aliphatic carbocycles. The summed E-state index contributed by atoms with van der Waals surface area (Å²) in [5, 5.41) is 11.7. The molecule has 0 saturated heterocycles. The van der Waals surface area contributed by atoms with Crippen molar-refractivity contribution in [3.63, 3.8) is 0 Å². The monoisotopic (exact) mass is 341 g/mol. The number of anilines is 1. The molecule has 25 heavy (non-hydrogen) atoms. The van der Waals surface area contributed by atoms with Crippen LogP contribution in [0.3, 0.4) is 0 Å². The average Bonchev–Trinajstić information content (AvgIpc) is 2.57. The third-order valence-corrected chi connectivity index (χ3v) is 4.05. The smallest absolute Gasteiger partial charge is 0.306 e. The van der Waals surface area contributed by atoms with Crippen LogP contribution < -0.4 is 10.1 Å². The average molecular weight is 341 g/mol. The van der Waals surface area contributed by atoms with Crippen LogP contribution >= 0.6 is 0 Å². The van der Waals surface area contributed by atoms with E-state index in [0.29, 0.717) is 17.9 Å². The molecular formula is C20H23NO4. The number of ether oxygens (including phenoxy) is 1. The van der Waals surface area contributed by atoms with E-state index in [0.717, 1.165) is 11.1 Å². The largest absolute Gasteiger partial charge is 0.484 e. The molecule has 5 heteroatoms. The fourth-order valence-electron chi connectivity index (χ4n) is 2.31. The maximum absolute atomic E-state index is 12.0. The van der Waals surface area contributed by atoms with Crippen molar-refractivity contribution in [1.82, 2.24) is 0 Å². The zero-order valence-electron chi connectivity index (χ0n) is 14.7. The first-order chi connectivity index (χ1) is 11.8. The van der Waals surface area contributed by atoms with Crippen LogP contribution in [-0.2, 0) is 16.0 Å². The van der Waals surface area contributed by atoms with Gasteiger partial charge < -0.3 is 15.2 Å². The van der Waals surface area contributed by atoms with Crippen LogP contribution in [0.1, 0.15) is 23.6 Å². The predicted molar refractivity (Wildman–Crippen MR) is 97.0 cm³/mol. The van der Waals surface area contributed by atoms with E-state index in [1.807, 2.05) is 44.2 Å². The maximum atomic E-state index is 12.0. The fraction of sp³-hybridized carbons (Fsp3) is 0.300. The van der Waals surface area contributed by atoms with E-state index < -0.39 is 11.9 Å². The Morgan fingerprint density at radius 3 is 2.36 bits per heavy atom. The number of carboxylic acid groups (broad SMARTS) is 1. The van der Waals surface area contributed by atoms with E-state index in [4.69, 9.17) is 9.84 Å². The molecular weight excluding hydrogens is 318 g/mol. The third kappa shape index (κ3) is 5.64. The summed E-state index contributed by atoms with van der Waals surface area (Å²) in [5.41, 5.74) is 3.86. The van der Waals surface area contributed by atoms with Gasteiger partial charge in [-0.2, -0.15) is 0 Å². The second-order valence-electron chi connectivity index (χ2n) is 6.22. The van der Waals surface area contributed by atoms with Crippen LogP contribution in [0.4, 0.5) is 5.69 Å². The number of hydrogen-bond acceptors (Lipinski definition) is 3. The molecule has 0 saturated carbocycles. The molecule has 1 unspecified atom stereocenters. The highest BCUT2D eigenvalue weighted by atomic mass is 16.5. The number of aliphatic carboxylic acids is 1. The lowest BCUT2D eigenvalue weighted by atomic mass is 10.0. The number of hydrogen-bond donors (Lipinski definition) is 2. The summed E-state index contributed by atoms with van der Waals surface area (Å²) >= 11 is 0. The summed E-state index contributed by atoms with van der Waals surface area (Å²) in [6, 6.07) is 12.9. The van der Waals surface area contributed by atoms with Crippen LogP contribution in [0.2, 0.25) is 0 Å². The van der Waals surface area contributed by atoms with Crippen molar-refractivity contribution in [1.29, 1.82) is 0 Å². The van der Waals surface area contributed by atoms with E-state index >= 15 is 0 Å². The molecule has 0 radical (unpaired) electrons. The first kappa shape index (κ1) is 18.5. The van der Waals surface area contributed by atoms with Gasteiger partial charge in [-0.3, -0.25) is 9.59 Å². The number of amides is 1. The molecule has 2 N–H and O–H groups in total. The van der Waals surface area contributed by atoms with Gasteiger partial charge in [-0.15, -0.1) is 0 Å². The first-order valence-electron chi connectivity index (χ1n) is 8.17. The summed E-state index contributed by atoms with van der Waals surface area (Å²) in [5.74, 6) is -0.839. The molecule has 0 bridgehead atoms. The molecule has 2 aromatic carbocycles. The van der Waals surface area contributed by atoms with Crippen LogP contribution in [0, 0.1) is 19.8 Å². The van der Waals surface area contributed by atoms with Gasteiger partial charge in [0, 0.05) is 5.69 Å². The number of carbonyl (C=O) groups is 2. The highest BCUT2D eigenvalue weighted by Gasteiger charge is 2.11. The standard InChI is InChI=1S/C20H23NO4/c1-13-4-9-18(11-14(13)2)25-12-19(22)21-17-7-5-16(6-8-17)10-15(3)20(23)24/h4-9,11,15H,10,12H2,1-3H3,(H,21,22)(H,23,24). The molecule has 0 fully saturated rings. The van der Waals surface area contributed by atoms with Gasteiger partial charge in [-0.05, 0) is 61.2 Å². The van der Waals surface area contributed by atoms with Gasteiger partial charge in [0.2, 0.25) is 0 Å². The fourth-order valence-corrected chi connectivity index (χ4v) is 2.31. The lowest BCUT2D eigenvalue weighted by Crippen LogP contribution is -2.20. The molecule has 1 amide bonds. The van der Waals surface area contributed by atoms with Gasteiger partial charge >= 0.3 is 5.97 Å². The third-order valence-electron chi connectivity index (χ3n) is 4.05. The molecule has 1 atom stereocenters. The molecule has 132 valence electrons. The number of benzene rings is 2. The number of nitrogens with one attached hydrogen (secondary N) is 1. The minimum atomic E-state index is -0.819. The van der Waals surface area contributed by atoms with Crippen molar-refractivity contribution in [3.8, 4) is 5.75 Å². The summed E-state index contributed by atoms with van der Waals surface area (Å²) < 4.78 is 5.50. The minimum absolute atomic E-state index is 0.0691. The topological polar surface area (TPSA) is 75.6 Å². The quantitative estimate of drug-likeness (QED) is 0.807. The van der Waals surface area contributed by atoms with Crippen LogP contribution in [0.25, 0.3) is 0 Å². The maximum Gasteiger partial charge on any atom is 0.306 e. The molecule has 0 heterocycles. The Bertz CT molecular complexity index is 753. The molecule has 0 aromatic heterocycles. The van der Waals surface area contributed by atoms with E-state index in [9.17, 15) is 9.59 Å². The Morgan fingerprint density at radius 2 is 1.76 bits per heavy atom. The zero-order valence-corrected chi connectivity index (χ0v) is 14.7. The number of carbonyl (C=O) groups excluding carboxylic acids is 1. The van der Waals surface area contributed by atoms with Crippen molar-refractivity contribution in [2.24, 2.45) is 5.92 Å². The van der Waals surface area contributed by atoms with Gasteiger partial charge in [0.1, 0.15) is 5.75 Å². The second kappa shape index (κ2) is 8.33. The van der Waals surface area contributed by atoms with Gasteiger partial charge in [0.15, 0.2) is 6.61 Å². The van der Waals surface area contributed by atoms with Gasteiger partial charge in [-0.25, -0.2) is 0 Å². The molecule has 2 rings (SSSR count). The SMILES string of the molecule is Cc1ccc(OCC(=O)Nc2ccc(CC(C)C(=O)O)cc2)cc1C. The molecule has 2 aromatic rings. The summed E-state index contributed by atoms with van der Waals surface area (Å²) in [6.45, 7) is 5.62. The number of rotatable bonds is 7. The molecule has 0 aliphatic rings. The molecule has 0 spiro atoms. The second-order valence-corrected chi connectivity index (χ2v) is 6.22. The number of carboxylic acids is 1. The van der Waals surface area contributed by atoms with Gasteiger partial charge in [0.05, 0.1) is 5.92 Å². The highest BCUT2D eigenvalue weighted by Crippen LogP contribution is 2.17. The number of aryl methyl sites for hydroxylation is 2. The Labute approximate surface area is 147 Å². The molecule has 5 nitrogen and oxygen atoms in total. The van der Waals surface area contributed by atoms with Crippen molar-refractivity contribution in [2.45, 2.75) is 27.2 Å². The van der Waals surface area contributed by atoms with Crippen LogP contribution in [0.15, 0.2) is 42.5 Å². The summed E-state index contributed by atoms with van der Waals surface area (Å²) in [7, 11) is 0. The van der Waals surface area contributed by atoms with E-state index in [1.165, 1.54) is 5.56 Å². The van der Waals surface area contributed by atoms with Crippen molar-refractivity contribution in [3.05, 3.63) is 59.2 Å². The van der Waals surface area contributed by atoms with E-state index in [1.54, 1.807) is 19.1 Å². The lowest BCUT2D eigenvalue weighted by molar-refractivity contribution is -0.141. The van der Waals surface area contributed by atoms with Crippen molar-refractivity contribution in [2.75, 3.05) is 11.9 Å². The Hall–Kier alpha value is -2.82. The normalized spacial score (nSPS) is 11.6.